The molecule has 206 valence electrons. The van der Waals surface area contributed by atoms with Crippen molar-refractivity contribution in [2.24, 2.45) is 0 Å². The molecule has 2 fully saturated rings. The Labute approximate surface area is 238 Å². The van der Waals surface area contributed by atoms with E-state index in [1.165, 1.54) is 39.0 Å². The second-order valence-electron chi connectivity index (χ2n) is 11.1. The predicted molar refractivity (Wildman–Crippen MR) is 162 cm³/mol. The minimum atomic E-state index is 0.412. The van der Waals surface area contributed by atoms with Crippen molar-refractivity contribution < 1.29 is 0 Å². The zero-order valence-corrected chi connectivity index (χ0v) is 23.4. The Kier molecular flexibility index (Phi) is 6.57. The highest BCUT2D eigenvalue weighted by Crippen LogP contribution is 2.39. The van der Waals surface area contributed by atoms with E-state index in [0.717, 1.165) is 51.7 Å². The van der Waals surface area contributed by atoms with E-state index >= 15 is 0 Å². The van der Waals surface area contributed by atoms with Gasteiger partial charge in [-0.3, -0.25) is 4.90 Å². The number of para-hydroxylation sites is 1. The number of nitrogen functional groups attached to an aromatic ring is 1. The van der Waals surface area contributed by atoms with Gasteiger partial charge < -0.3 is 25.5 Å². The lowest BCUT2D eigenvalue weighted by Crippen LogP contribution is -2.49. The number of halogens is 1. The van der Waals surface area contributed by atoms with Gasteiger partial charge in [-0.25, -0.2) is 15.0 Å². The first-order chi connectivity index (χ1) is 19.5. The van der Waals surface area contributed by atoms with Crippen LogP contribution in [0.1, 0.15) is 31.7 Å². The van der Waals surface area contributed by atoms with Gasteiger partial charge in [0.05, 0.1) is 15.9 Å². The van der Waals surface area contributed by atoms with Crippen molar-refractivity contribution in [1.29, 1.82) is 0 Å². The van der Waals surface area contributed by atoms with Crippen LogP contribution in [0, 0.1) is 0 Å². The van der Waals surface area contributed by atoms with Crippen LogP contribution in [0.25, 0.3) is 33.2 Å². The van der Waals surface area contributed by atoms with Gasteiger partial charge in [-0.15, -0.1) is 0 Å². The summed E-state index contributed by atoms with van der Waals surface area (Å²) >= 11 is 6.29. The number of nitrogens with zero attached hydrogens (tertiary/aromatic N) is 6. The molecule has 1 saturated heterocycles. The first-order valence-corrected chi connectivity index (χ1v) is 14.5. The molecular formula is C30H34ClN9. The first kappa shape index (κ1) is 25.3. The van der Waals surface area contributed by atoms with E-state index in [1.807, 2.05) is 18.2 Å². The summed E-state index contributed by atoms with van der Waals surface area (Å²) in [5.41, 5.74) is 12.1. The fourth-order valence-corrected chi connectivity index (χ4v) is 6.64. The Balaban J connectivity index is 1.12. The summed E-state index contributed by atoms with van der Waals surface area (Å²) in [5, 5.41) is 4.90. The quantitative estimate of drug-likeness (QED) is 0.256. The molecule has 40 heavy (non-hydrogen) atoms. The van der Waals surface area contributed by atoms with Crippen molar-refractivity contribution in [3.05, 3.63) is 60.0 Å². The van der Waals surface area contributed by atoms with Gasteiger partial charge in [0.15, 0.2) is 0 Å². The van der Waals surface area contributed by atoms with Crippen LogP contribution in [0.4, 0.5) is 17.5 Å². The highest BCUT2D eigenvalue weighted by Gasteiger charge is 2.30. The molecule has 5 aromatic rings. The maximum Gasteiger partial charge on any atom is 0.205 e. The van der Waals surface area contributed by atoms with Gasteiger partial charge in [0.1, 0.15) is 23.3 Å². The predicted octanol–water partition coefficient (Wildman–Crippen LogP) is 5.68. The van der Waals surface area contributed by atoms with Crippen LogP contribution in [0.5, 0.6) is 0 Å². The molecule has 0 unspecified atom stereocenters. The lowest BCUT2D eigenvalue weighted by Gasteiger charge is -2.41. The summed E-state index contributed by atoms with van der Waals surface area (Å²) in [7, 11) is 2.22. The average Bonchev–Trinajstić information content (AvgIpc) is 3.57. The van der Waals surface area contributed by atoms with Crippen LogP contribution in [-0.4, -0.2) is 73.6 Å². The molecular weight excluding hydrogens is 522 g/mol. The third kappa shape index (κ3) is 4.68. The Morgan fingerprint density at radius 3 is 2.45 bits per heavy atom. The average molecular weight is 556 g/mol. The summed E-state index contributed by atoms with van der Waals surface area (Å²) < 4.78 is 2.35. The van der Waals surface area contributed by atoms with Crippen LogP contribution >= 0.6 is 11.6 Å². The highest BCUT2D eigenvalue weighted by atomic mass is 35.5. The van der Waals surface area contributed by atoms with Crippen molar-refractivity contribution in [3.63, 3.8) is 0 Å². The zero-order valence-electron chi connectivity index (χ0n) is 22.6. The van der Waals surface area contributed by atoms with Gasteiger partial charge in [-0.2, -0.15) is 0 Å². The van der Waals surface area contributed by atoms with Crippen molar-refractivity contribution >= 4 is 51.1 Å². The Hall–Kier alpha value is -3.66. The molecule has 9 nitrogen and oxygen atoms in total. The van der Waals surface area contributed by atoms with E-state index < -0.39 is 0 Å². The molecule has 0 amide bonds. The Bertz CT molecular complexity index is 1640. The smallest absolute Gasteiger partial charge is 0.205 e. The molecule has 0 atom stereocenters. The highest BCUT2D eigenvalue weighted by molar-refractivity contribution is 6.35. The second-order valence-corrected chi connectivity index (χ2v) is 11.5. The largest absolute Gasteiger partial charge is 0.383 e. The fraction of sp³-hybridized carbons (Fsp3) is 0.367. The number of nitrogens with two attached hydrogens (primary N) is 1. The standard InChI is InChI=1S/C30H34ClN9/c1-38-13-15-39(16-14-38)21-9-11-22(12-10-21)40-17-23(26-28(32)33-18-34-29(26)40)19-5-7-20(8-6-19)35-30-36-25-4-2-3-24(31)27(25)37-30/h2-8,17-18,21-22H,9-16H2,1H3,(H2,32,33,34)(H2,35,36,37). The number of anilines is 3. The van der Waals surface area contributed by atoms with Crippen molar-refractivity contribution in [3.8, 4) is 11.1 Å². The van der Waals surface area contributed by atoms with Gasteiger partial charge in [0.2, 0.25) is 5.95 Å². The maximum absolute atomic E-state index is 6.44. The van der Waals surface area contributed by atoms with Gasteiger partial charge in [-0.1, -0.05) is 29.8 Å². The van der Waals surface area contributed by atoms with E-state index in [2.05, 4.69) is 72.1 Å². The van der Waals surface area contributed by atoms with Crippen molar-refractivity contribution in [2.75, 3.05) is 44.3 Å². The maximum atomic E-state index is 6.44. The lowest BCUT2D eigenvalue weighted by molar-refractivity contribution is 0.0828. The molecule has 2 aromatic carbocycles. The third-order valence-corrected chi connectivity index (χ3v) is 8.98. The van der Waals surface area contributed by atoms with E-state index in [4.69, 9.17) is 22.3 Å². The van der Waals surface area contributed by atoms with Crippen LogP contribution in [-0.2, 0) is 0 Å². The van der Waals surface area contributed by atoms with E-state index in [0.29, 0.717) is 28.9 Å². The number of piperazine rings is 1. The third-order valence-electron chi connectivity index (χ3n) is 8.67. The van der Waals surface area contributed by atoms with E-state index in [1.54, 1.807) is 6.33 Å². The number of nitrogens with one attached hydrogen (secondary N) is 2. The second kappa shape index (κ2) is 10.4. The van der Waals surface area contributed by atoms with Crippen LogP contribution in [0.15, 0.2) is 55.0 Å². The summed E-state index contributed by atoms with van der Waals surface area (Å²) in [6, 6.07) is 15.1. The minimum absolute atomic E-state index is 0.412. The Morgan fingerprint density at radius 2 is 1.70 bits per heavy atom. The van der Waals surface area contributed by atoms with Crippen LogP contribution < -0.4 is 11.1 Å². The van der Waals surface area contributed by atoms with E-state index in [-0.39, 0.29) is 0 Å². The topological polar surface area (TPSA) is 104 Å². The number of hydrogen-bond donors (Lipinski definition) is 3. The van der Waals surface area contributed by atoms with Crippen molar-refractivity contribution in [1.82, 2.24) is 34.3 Å². The fourth-order valence-electron chi connectivity index (χ4n) is 6.42. The summed E-state index contributed by atoms with van der Waals surface area (Å²) in [4.78, 5) is 22.0. The number of aromatic amines is 1. The molecule has 7 rings (SSSR count). The molecule has 0 radical (unpaired) electrons. The summed E-state index contributed by atoms with van der Waals surface area (Å²) in [6.45, 7) is 4.70. The molecule has 10 heteroatoms. The molecule has 4 N–H and O–H groups in total. The number of hydrogen-bond acceptors (Lipinski definition) is 7. The number of imidazole rings is 1. The molecule has 4 heterocycles. The van der Waals surface area contributed by atoms with Gasteiger partial charge in [-0.05, 0) is 62.6 Å². The Morgan fingerprint density at radius 1 is 0.950 bits per heavy atom. The molecule has 0 bridgehead atoms. The van der Waals surface area contributed by atoms with Crippen LogP contribution in [0.3, 0.4) is 0 Å². The summed E-state index contributed by atoms with van der Waals surface area (Å²) in [5.74, 6) is 1.17. The van der Waals surface area contributed by atoms with Gasteiger partial charge in [0, 0.05) is 55.7 Å². The normalized spacial score (nSPS) is 20.9. The molecule has 1 aliphatic heterocycles. The molecule has 0 spiro atoms. The SMILES string of the molecule is CN1CCN(C2CCC(n3cc(-c4ccc(Nc5nc6c(Cl)cccc6[nH]5)cc4)c4c(N)ncnc43)CC2)CC1. The molecule has 3 aromatic heterocycles. The number of fused-ring (bicyclic) bond motifs is 2. The number of likely N-dealkylation sites (N-methyl/N-ethyl adjacent to an activating group) is 1. The van der Waals surface area contributed by atoms with Gasteiger partial charge >= 0.3 is 0 Å². The van der Waals surface area contributed by atoms with Gasteiger partial charge in [0.25, 0.3) is 0 Å². The number of rotatable bonds is 5. The molecule has 1 aliphatic carbocycles. The van der Waals surface area contributed by atoms with Crippen LogP contribution in [0.2, 0.25) is 5.02 Å². The summed E-state index contributed by atoms with van der Waals surface area (Å²) in [6.07, 6.45) is 8.55. The zero-order chi connectivity index (χ0) is 27.2. The molecule has 2 aliphatic rings. The molecule has 1 saturated carbocycles. The lowest BCUT2D eigenvalue weighted by atomic mass is 9.89. The van der Waals surface area contributed by atoms with Crippen molar-refractivity contribution in [2.45, 2.75) is 37.8 Å². The van der Waals surface area contributed by atoms with E-state index in [9.17, 15) is 0 Å². The number of benzene rings is 2. The first-order valence-electron chi connectivity index (χ1n) is 14.1. The minimum Gasteiger partial charge on any atom is -0.383 e. The number of aromatic nitrogens is 5. The number of H-pyrrole nitrogens is 1. The monoisotopic (exact) mass is 555 g/mol.